The Bertz CT molecular complexity index is 961. The molecular formula is C17H9N3O5. The first kappa shape index (κ1) is 14.8. The van der Waals surface area contributed by atoms with Crippen LogP contribution in [0.3, 0.4) is 0 Å². The Balaban J connectivity index is 1.55. The third-order valence-corrected chi connectivity index (χ3v) is 3.57. The predicted molar refractivity (Wildman–Crippen MR) is 82.1 cm³/mol. The van der Waals surface area contributed by atoms with Gasteiger partial charge in [-0.25, -0.2) is 4.79 Å². The highest BCUT2D eigenvalue weighted by Gasteiger charge is 2.39. The van der Waals surface area contributed by atoms with Crippen molar-refractivity contribution in [2.45, 2.75) is 0 Å². The number of amides is 2. The summed E-state index contributed by atoms with van der Waals surface area (Å²) in [4.78, 5) is 45.5. The molecule has 0 atom stereocenters. The Labute approximate surface area is 140 Å². The highest BCUT2D eigenvalue weighted by atomic mass is 16.7. The largest absolute Gasteiger partial charge is 0.401 e. The summed E-state index contributed by atoms with van der Waals surface area (Å²) >= 11 is 0. The first-order chi connectivity index (χ1) is 12.1. The van der Waals surface area contributed by atoms with Gasteiger partial charge in [0.2, 0.25) is 5.76 Å². The van der Waals surface area contributed by atoms with Crippen LogP contribution in [0.5, 0.6) is 0 Å². The molecule has 1 aliphatic heterocycles. The molecule has 0 aliphatic carbocycles. The minimum atomic E-state index is -1.01. The van der Waals surface area contributed by atoms with E-state index in [4.69, 9.17) is 9.36 Å². The minimum Gasteiger partial charge on any atom is -0.348 e. The predicted octanol–water partition coefficient (Wildman–Crippen LogP) is 2.10. The van der Waals surface area contributed by atoms with Crippen molar-refractivity contribution in [3.8, 4) is 11.4 Å². The molecule has 0 unspecified atom stereocenters. The van der Waals surface area contributed by atoms with Crippen molar-refractivity contribution < 1.29 is 23.7 Å². The van der Waals surface area contributed by atoms with E-state index in [1.54, 1.807) is 36.5 Å². The molecule has 3 heterocycles. The summed E-state index contributed by atoms with van der Waals surface area (Å²) in [5.74, 6) is -2.68. The molecule has 8 nitrogen and oxygen atoms in total. The monoisotopic (exact) mass is 335 g/mol. The quantitative estimate of drug-likeness (QED) is 0.675. The summed E-state index contributed by atoms with van der Waals surface area (Å²) in [6.45, 7) is 0. The highest BCUT2D eigenvalue weighted by Crippen LogP contribution is 2.24. The van der Waals surface area contributed by atoms with E-state index in [0.29, 0.717) is 16.5 Å². The second kappa shape index (κ2) is 5.68. The topological polar surface area (TPSA) is 103 Å². The summed E-state index contributed by atoms with van der Waals surface area (Å²) < 4.78 is 4.92. The summed E-state index contributed by atoms with van der Waals surface area (Å²) in [5.41, 5.74) is 1.18. The summed E-state index contributed by atoms with van der Waals surface area (Å²) in [6, 6.07) is 12.7. The fraction of sp³-hybridized carbons (Fsp3) is 0. The van der Waals surface area contributed by atoms with Crippen molar-refractivity contribution in [2.24, 2.45) is 0 Å². The average Bonchev–Trinajstić information content (AvgIpc) is 3.23. The Hall–Kier alpha value is -3.81. The average molecular weight is 335 g/mol. The summed E-state index contributed by atoms with van der Waals surface area (Å²) in [5, 5.41) is 4.15. The van der Waals surface area contributed by atoms with E-state index in [2.05, 4.69) is 10.1 Å². The summed E-state index contributed by atoms with van der Waals surface area (Å²) in [7, 11) is 0. The van der Waals surface area contributed by atoms with Crippen molar-refractivity contribution in [3.05, 3.63) is 71.6 Å². The van der Waals surface area contributed by atoms with E-state index >= 15 is 0 Å². The molecule has 0 bridgehead atoms. The van der Waals surface area contributed by atoms with Gasteiger partial charge >= 0.3 is 5.97 Å². The zero-order chi connectivity index (χ0) is 17.4. The number of rotatable bonds is 3. The van der Waals surface area contributed by atoms with Gasteiger partial charge in [0.25, 0.3) is 11.8 Å². The third kappa shape index (κ3) is 2.45. The normalized spacial score (nSPS) is 13.0. The molecule has 122 valence electrons. The van der Waals surface area contributed by atoms with Crippen LogP contribution in [-0.4, -0.2) is 33.0 Å². The fourth-order valence-corrected chi connectivity index (χ4v) is 2.38. The van der Waals surface area contributed by atoms with Crippen molar-refractivity contribution in [1.29, 1.82) is 0 Å². The SMILES string of the molecule is O=C(ON1C(=O)c2ccccc2C1=O)c1cc(-c2ccccn2)no1. The van der Waals surface area contributed by atoms with Gasteiger partial charge in [-0.2, -0.15) is 0 Å². The Morgan fingerprint density at radius 2 is 1.64 bits per heavy atom. The molecule has 2 aromatic heterocycles. The highest BCUT2D eigenvalue weighted by molar-refractivity contribution is 6.21. The molecule has 1 aliphatic rings. The minimum absolute atomic E-state index is 0.173. The number of benzene rings is 1. The smallest absolute Gasteiger partial charge is 0.348 e. The van der Waals surface area contributed by atoms with Crippen LogP contribution in [0.25, 0.3) is 11.4 Å². The molecule has 0 saturated heterocycles. The van der Waals surface area contributed by atoms with Gasteiger partial charge in [-0.15, -0.1) is 0 Å². The van der Waals surface area contributed by atoms with Crippen LogP contribution in [0, 0.1) is 0 Å². The second-order valence-corrected chi connectivity index (χ2v) is 5.12. The van der Waals surface area contributed by atoms with Crippen LogP contribution in [-0.2, 0) is 4.84 Å². The molecule has 3 aromatic rings. The zero-order valence-electron chi connectivity index (χ0n) is 12.6. The molecule has 1 aromatic carbocycles. The Kier molecular flexibility index (Phi) is 3.35. The number of fused-ring (bicyclic) bond motifs is 1. The number of carbonyl (C=O) groups excluding carboxylic acids is 3. The third-order valence-electron chi connectivity index (χ3n) is 3.57. The van der Waals surface area contributed by atoms with Crippen molar-refractivity contribution in [2.75, 3.05) is 0 Å². The number of imide groups is 1. The Morgan fingerprint density at radius 3 is 2.28 bits per heavy atom. The zero-order valence-corrected chi connectivity index (χ0v) is 12.6. The first-order valence-corrected chi connectivity index (χ1v) is 7.23. The number of aromatic nitrogens is 2. The lowest BCUT2D eigenvalue weighted by Crippen LogP contribution is -2.32. The van der Waals surface area contributed by atoms with E-state index in [1.807, 2.05) is 0 Å². The van der Waals surface area contributed by atoms with Crippen LogP contribution < -0.4 is 0 Å². The van der Waals surface area contributed by atoms with Gasteiger partial charge in [0.05, 0.1) is 16.8 Å². The van der Waals surface area contributed by atoms with E-state index in [1.165, 1.54) is 18.2 Å². The lowest BCUT2D eigenvalue weighted by molar-refractivity contribution is -0.0607. The number of hydroxylamine groups is 2. The van der Waals surface area contributed by atoms with Gasteiger partial charge in [-0.3, -0.25) is 14.6 Å². The number of pyridine rings is 1. The van der Waals surface area contributed by atoms with Crippen LogP contribution in [0.2, 0.25) is 0 Å². The van der Waals surface area contributed by atoms with Gasteiger partial charge in [-0.1, -0.05) is 28.4 Å². The molecule has 0 N–H and O–H groups in total. The lowest BCUT2D eigenvalue weighted by atomic mass is 10.1. The fourth-order valence-electron chi connectivity index (χ4n) is 2.38. The van der Waals surface area contributed by atoms with Gasteiger partial charge < -0.3 is 9.36 Å². The van der Waals surface area contributed by atoms with Crippen molar-refractivity contribution in [3.63, 3.8) is 0 Å². The van der Waals surface area contributed by atoms with E-state index in [0.717, 1.165) is 0 Å². The van der Waals surface area contributed by atoms with E-state index in [-0.39, 0.29) is 16.9 Å². The van der Waals surface area contributed by atoms with Gasteiger partial charge in [0.1, 0.15) is 5.69 Å². The van der Waals surface area contributed by atoms with Gasteiger partial charge in [0.15, 0.2) is 0 Å². The number of hydrogen-bond acceptors (Lipinski definition) is 7. The van der Waals surface area contributed by atoms with Crippen LogP contribution in [0.15, 0.2) is 59.3 Å². The second-order valence-electron chi connectivity index (χ2n) is 5.12. The molecule has 0 radical (unpaired) electrons. The molecule has 0 fully saturated rings. The molecule has 0 saturated carbocycles. The number of nitrogens with zero attached hydrogens (tertiary/aromatic N) is 3. The summed E-state index contributed by atoms with van der Waals surface area (Å²) in [6.07, 6.45) is 1.57. The van der Waals surface area contributed by atoms with Crippen molar-refractivity contribution >= 4 is 17.8 Å². The van der Waals surface area contributed by atoms with Crippen LogP contribution in [0.1, 0.15) is 31.3 Å². The molecule has 0 spiro atoms. The van der Waals surface area contributed by atoms with E-state index < -0.39 is 17.8 Å². The number of hydrogen-bond donors (Lipinski definition) is 0. The van der Waals surface area contributed by atoms with Crippen LogP contribution in [0.4, 0.5) is 0 Å². The molecule has 25 heavy (non-hydrogen) atoms. The molecule has 4 rings (SSSR count). The first-order valence-electron chi connectivity index (χ1n) is 7.23. The maximum absolute atomic E-state index is 12.2. The number of carbonyl (C=O) groups is 3. The molecule has 2 amide bonds. The van der Waals surface area contributed by atoms with Gasteiger partial charge in [0, 0.05) is 12.3 Å². The Morgan fingerprint density at radius 1 is 0.960 bits per heavy atom. The van der Waals surface area contributed by atoms with Crippen LogP contribution >= 0.6 is 0 Å². The molecular weight excluding hydrogens is 326 g/mol. The maximum atomic E-state index is 12.2. The lowest BCUT2D eigenvalue weighted by Gasteiger charge is -2.10. The standard InChI is InChI=1S/C17H9N3O5/c21-15-10-5-1-2-6-11(10)16(22)20(15)25-17(23)14-9-13(19-24-14)12-7-3-4-8-18-12/h1-9H. The van der Waals surface area contributed by atoms with E-state index in [9.17, 15) is 14.4 Å². The molecule has 8 heteroatoms. The van der Waals surface area contributed by atoms with Gasteiger partial charge in [-0.05, 0) is 24.3 Å². The van der Waals surface area contributed by atoms with Crippen molar-refractivity contribution in [1.82, 2.24) is 15.2 Å². The maximum Gasteiger partial charge on any atom is 0.401 e.